The van der Waals surface area contributed by atoms with Gasteiger partial charge >= 0.3 is 6.18 Å². The van der Waals surface area contributed by atoms with Crippen LogP contribution >= 0.6 is 11.3 Å². The summed E-state index contributed by atoms with van der Waals surface area (Å²) < 4.78 is 36.8. The van der Waals surface area contributed by atoms with Crippen molar-refractivity contribution in [3.8, 4) is 0 Å². The van der Waals surface area contributed by atoms with Crippen LogP contribution in [0.25, 0.3) is 0 Å². The van der Waals surface area contributed by atoms with Gasteiger partial charge < -0.3 is 5.32 Å². The first-order chi connectivity index (χ1) is 6.05. The molecule has 0 aromatic carbocycles. The topological polar surface area (TPSA) is 12.0 Å². The Labute approximate surface area is 78.6 Å². The molecule has 0 amide bonds. The molecule has 0 fully saturated rings. The predicted octanol–water partition coefficient (Wildman–Crippen LogP) is 3.40. The van der Waals surface area contributed by atoms with Crippen LogP contribution in [0.4, 0.5) is 18.2 Å². The van der Waals surface area contributed by atoms with Crippen molar-refractivity contribution in [2.45, 2.75) is 12.6 Å². The summed E-state index contributed by atoms with van der Waals surface area (Å²) in [7, 11) is 0. The van der Waals surface area contributed by atoms with Gasteiger partial charge in [-0.15, -0.1) is 11.3 Å². The van der Waals surface area contributed by atoms with Crippen LogP contribution in [0.15, 0.2) is 11.4 Å². The third-order valence-electron chi connectivity index (χ3n) is 1.43. The molecular formula is C8H9F3NS. The van der Waals surface area contributed by atoms with E-state index in [9.17, 15) is 13.2 Å². The number of halogens is 3. The average molecular weight is 208 g/mol. The molecular weight excluding hydrogens is 199 g/mol. The molecule has 1 radical (unpaired) electrons. The standard InChI is InChI=1S/C8H9F3NS/c1-2-4-12-7-6(3-5-13-7)8(9,10)11/h3,5,12H,1-2,4H2. The van der Waals surface area contributed by atoms with Crippen LogP contribution in [0, 0.1) is 6.92 Å². The van der Waals surface area contributed by atoms with E-state index in [1.54, 1.807) is 0 Å². The zero-order valence-electron chi connectivity index (χ0n) is 6.82. The Morgan fingerprint density at radius 2 is 2.15 bits per heavy atom. The molecule has 73 valence electrons. The SMILES string of the molecule is [CH2]CCNc1sccc1C(F)(F)F. The first-order valence-corrected chi connectivity index (χ1v) is 4.61. The molecule has 0 aliphatic heterocycles. The molecule has 1 rings (SSSR count). The van der Waals surface area contributed by atoms with E-state index in [4.69, 9.17) is 0 Å². The molecule has 1 aromatic rings. The van der Waals surface area contributed by atoms with Crippen molar-refractivity contribution in [2.75, 3.05) is 11.9 Å². The summed E-state index contributed by atoms with van der Waals surface area (Å²) in [5, 5.41) is 4.29. The van der Waals surface area contributed by atoms with Crippen molar-refractivity contribution in [2.24, 2.45) is 0 Å². The fourth-order valence-corrected chi connectivity index (χ4v) is 1.71. The molecule has 0 atom stereocenters. The van der Waals surface area contributed by atoms with E-state index in [-0.39, 0.29) is 5.00 Å². The number of rotatable bonds is 3. The second-order valence-electron chi connectivity index (χ2n) is 2.44. The lowest BCUT2D eigenvalue weighted by atomic mass is 10.3. The Morgan fingerprint density at radius 1 is 1.46 bits per heavy atom. The minimum atomic E-state index is -4.26. The van der Waals surface area contributed by atoms with Gasteiger partial charge in [0.25, 0.3) is 0 Å². The third kappa shape index (κ3) is 2.62. The molecule has 0 aliphatic rings. The number of hydrogen-bond donors (Lipinski definition) is 1. The van der Waals surface area contributed by atoms with Crippen LogP contribution in [-0.4, -0.2) is 6.54 Å². The Balaban J connectivity index is 2.77. The van der Waals surface area contributed by atoms with Crippen LogP contribution < -0.4 is 5.32 Å². The smallest absolute Gasteiger partial charge is 0.376 e. The first-order valence-electron chi connectivity index (χ1n) is 3.73. The number of hydrogen-bond acceptors (Lipinski definition) is 2. The predicted molar refractivity (Wildman–Crippen MR) is 47.8 cm³/mol. The minimum Gasteiger partial charge on any atom is -0.376 e. The highest BCUT2D eigenvalue weighted by Gasteiger charge is 2.34. The quantitative estimate of drug-likeness (QED) is 0.802. The van der Waals surface area contributed by atoms with Crippen molar-refractivity contribution >= 4 is 16.3 Å². The van der Waals surface area contributed by atoms with Crippen molar-refractivity contribution in [3.63, 3.8) is 0 Å². The van der Waals surface area contributed by atoms with Gasteiger partial charge in [0.1, 0.15) is 5.00 Å². The molecule has 5 heteroatoms. The second-order valence-corrected chi connectivity index (χ2v) is 3.36. The van der Waals surface area contributed by atoms with Crippen molar-refractivity contribution in [1.29, 1.82) is 0 Å². The number of thiophene rings is 1. The highest BCUT2D eigenvalue weighted by molar-refractivity contribution is 7.14. The molecule has 0 aliphatic carbocycles. The maximum Gasteiger partial charge on any atom is 0.419 e. The number of alkyl halides is 3. The molecule has 1 aromatic heterocycles. The fourth-order valence-electron chi connectivity index (χ4n) is 0.871. The summed E-state index contributed by atoms with van der Waals surface area (Å²) >= 11 is 1.06. The van der Waals surface area contributed by atoms with Gasteiger partial charge in [0.15, 0.2) is 0 Å². The van der Waals surface area contributed by atoms with Crippen molar-refractivity contribution < 1.29 is 13.2 Å². The normalized spacial score (nSPS) is 11.7. The van der Waals surface area contributed by atoms with Crippen LogP contribution in [0.5, 0.6) is 0 Å². The highest BCUT2D eigenvalue weighted by atomic mass is 32.1. The maximum absolute atomic E-state index is 12.3. The van der Waals surface area contributed by atoms with E-state index in [0.29, 0.717) is 13.0 Å². The van der Waals surface area contributed by atoms with Gasteiger partial charge in [-0.2, -0.15) is 13.2 Å². The summed E-state index contributed by atoms with van der Waals surface area (Å²) in [4.78, 5) is 0. The lowest BCUT2D eigenvalue weighted by molar-refractivity contribution is -0.136. The highest BCUT2D eigenvalue weighted by Crippen LogP contribution is 2.37. The van der Waals surface area contributed by atoms with Crippen molar-refractivity contribution in [1.82, 2.24) is 0 Å². The van der Waals surface area contributed by atoms with Gasteiger partial charge in [0, 0.05) is 6.54 Å². The molecule has 0 saturated carbocycles. The largest absolute Gasteiger partial charge is 0.419 e. The number of nitrogens with one attached hydrogen (secondary N) is 1. The lowest BCUT2D eigenvalue weighted by Crippen LogP contribution is -2.08. The number of anilines is 1. The summed E-state index contributed by atoms with van der Waals surface area (Å²) in [6.07, 6.45) is -3.70. The monoisotopic (exact) mass is 208 g/mol. The zero-order valence-corrected chi connectivity index (χ0v) is 7.63. The van der Waals surface area contributed by atoms with Gasteiger partial charge in [-0.25, -0.2) is 0 Å². The molecule has 1 nitrogen and oxygen atoms in total. The van der Waals surface area contributed by atoms with Crippen molar-refractivity contribution in [3.05, 3.63) is 23.9 Å². The van der Waals surface area contributed by atoms with E-state index in [1.807, 2.05) is 0 Å². The zero-order chi connectivity index (χ0) is 9.90. The molecule has 0 bridgehead atoms. The van der Waals surface area contributed by atoms with Gasteiger partial charge in [-0.3, -0.25) is 0 Å². The van der Waals surface area contributed by atoms with Gasteiger partial charge in [-0.1, -0.05) is 6.92 Å². The Bertz CT molecular complexity index is 267. The summed E-state index contributed by atoms with van der Waals surface area (Å²) in [6.45, 7) is 4.00. The van der Waals surface area contributed by atoms with E-state index in [2.05, 4.69) is 12.2 Å². The second kappa shape index (κ2) is 4.00. The van der Waals surface area contributed by atoms with Gasteiger partial charge in [-0.05, 0) is 17.9 Å². The Hall–Kier alpha value is -0.710. The minimum absolute atomic E-state index is 0.177. The average Bonchev–Trinajstić information content (AvgIpc) is 2.47. The fraction of sp³-hybridized carbons (Fsp3) is 0.375. The van der Waals surface area contributed by atoms with Crippen LogP contribution in [-0.2, 0) is 6.18 Å². The summed E-state index contributed by atoms with van der Waals surface area (Å²) in [5.74, 6) is 0. The Kier molecular flexibility index (Phi) is 3.19. The molecule has 1 N–H and O–H groups in total. The molecule has 13 heavy (non-hydrogen) atoms. The molecule has 0 spiro atoms. The van der Waals surface area contributed by atoms with Crippen LogP contribution in [0.1, 0.15) is 12.0 Å². The third-order valence-corrected chi connectivity index (χ3v) is 2.31. The van der Waals surface area contributed by atoms with E-state index >= 15 is 0 Å². The van der Waals surface area contributed by atoms with E-state index < -0.39 is 11.7 Å². The lowest BCUT2D eigenvalue weighted by Gasteiger charge is -2.08. The maximum atomic E-state index is 12.3. The Morgan fingerprint density at radius 3 is 2.69 bits per heavy atom. The van der Waals surface area contributed by atoms with E-state index in [0.717, 1.165) is 17.4 Å². The van der Waals surface area contributed by atoms with E-state index in [1.165, 1.54) is 5.38 Å². The summed E-state index contributed by atoms with van der Waals surface area (Å²) in [5.41, 5.74) is -0.592. The van der Waals surface area contributed by atoms with Crippen LogP contribution in [0.2, 0.25) is 0 Å². The summed E-state index contributed by atoms with van der Waals surface area (Å²) in [6, 6.07) is 1.08. The molecule has 1 heterocycles. The molecule has 0 unspecified atom stereocenters. The van der Waals surface area contributed by atoms with Gasteiger partial charge in [0.2, 0.25) is 0 Å². The van der Waals surface area contributed by atoms with Crippen LogP contribution in [0.3, 0.4) is 0 Å². The van der Waals surface area contributed by atoms with Gasteiger partial charge in [0.05, 0.1) is 5.56 Å². The molecule has 0 saturated heterocycles. The first kappa shape index (κ1) is 10.4.